The minimum Gasteiger partial charge on any atom is -0.497 e. The molecule has 0 saturated heterocycles. The number of halogens is 2. The average Bonchev–Trinajstić information content (AvgIpc) is 3.35. The van der Waals surface area contributed by atoms with Crippen molar-refractivity contribution in [3.8, 4) is 34.0 Å². The smallest absolute Gasteiger partial charge is 0.319 e. The molecule has 4 aromatic rings. The number of amides is 2. The van der Waals surface area contributed by atoms with Crippen LogP contribution in [0.5, 0.6) is 11.5 Å². The fourth-order valence-electron chi connectivity index (χ4n) is 4.17. The number of carbonyl (C=O) groups is 1. The second-order valence-electron chi connectivity index (χ2n) is 8.86. The quantitative estimate of drug-likeness (QED) is 0.127. The number of nitrogens with one attached hydrogen (secondary N) is 2. The number of aromatic nitrogens is 2. The Morgan fingerprint density at radius 3 is 2.15 bits per heavy atom. The molecule has 0 fully saturated rings. The van der Waals surface area contributed by atoms with E-state index >= 15 is 0 Å². The molecule has 0 atom stereocenters. The fourth-order valence-corrected chi connectivity index (χ4v) is 5.53. The lowest BCUT2D eigenvalue weighted by molar-refractivity contribution is 0.252. The maximum Gasteiger partial charge on any atom is 0.319 e. The van der Waals surface area contributed by atoms with Gasteiger partial charge in [-0.1, -0.05) is 35.0 Å². The minimum atomic E-state index is -0.277. The van der Waals surface area contributed by atoms with Crippen LogP contribution in [0.3, 0.4) is 0 Å². The van der Waals surface area contributed by atoms with Gasteiger partial charge in [-0.3, -0.25) is 0 Å². The van der Waals surface area contributed by atoms with E-state index in [4.69, 9.17) is 37.7 Å². The molecule has 0 radical (unpaired) electrons. The predicted molar refractivity (Wildman–Crippen MR) is 165 cm³/mol. The van der Waals surface area contributed by atoms with Crippen molar-refractivity contribution in [2.24, 2.45) is 0 Å². The molecule has 4 rings (SSSR count). The van der Waals surface area contributed by atoms with Gasteiger partial charge in [0.2, 0.25) is 0 Å². The number of imidazole rings is 1. The van der Waals surface area contributed by atoms with Crippen LogP contribution in [0.2, 0.25) is 10.0 Å². The number of anilines is 1. The molecule has 2 amide bonds. The van der Waals surface area contributed by atoms with E-state index in [1.54, 1.807) is 44.2 Å². The molecule has 10 heteroatoms. The maximum atomic E-state index is 12.2. The van der Waals surface area contributed by atoms with Crippen LogP contribution in [0.4, 0.5) is 10.5 Å². The summed E-state index contributed by atoms with van der Waals surface area (Å²) in [5.74, 6) is 2.49. The summed E-state index contributed by atoms with van der Waals surface area (Å²) in [6.07, 6.45) is 1.76. The molecule has 210 valence electrons. The minimum absolute atomic E-state index is 0.277. The number of hydrogen-bond acceptors (Lipinski definition) is 5. The summed E-state index contributed by atoms with van der Waals surface area (Å²) in [5.41, 5.74) is 4.69. The van der Waals surface area contributed by atoms with Crippen LogP contribution in [-0.2, 0) is 6.54 Å². The molecular formula is C30H32Cl2N4O3S. The lowest BCUT2D eigenvalue weighted by Crippen LogP contribution is -2.29. The van der Waals surface area contributed by atoms with Gasteiger partial charge in [0.1, 0.15) is 11.5 Å². The third-order valence-corrected chi connectivity index (χ3v) is 8.04. The van der Waals surface area contributed by atoms with E-state index in [1.807, 2.05) is 36.4 Å². The molecule has 2 N–H and O–H groups in total. The first-order valence-electron chi connectivity index (χ1n) is 13.0. The number of rotatable bonds is 12. The van der Waals surface area contributed by atoms with Gasteiger partial charge in [-0.2, -0.15) is 0 Å². The molecular weight excluding hydrogens is 567 g/mol. The second kappa shape index (κ2) is 14.3. The van der Waals surface area contributed by atoms with E-state index in [1.165, 1.54) is 0 Å². The van der Waals surface area contributed by atoms with Crippen molar-refractivity contribution in [3.63, 3.8) is 0 Å². The van der Waals surface area contributed by atoms with Crippen LogP contribution >= 0.6 is 35.0 Å². The van der Waals surface area contributed by atoms with Gasteiger partial charge in [0.05, 0.1) is 35.7 Å². The molecule has 0 aliphatic rings. The van der Waals surface area contributed by atoms with Crippen molar-refractivity contribution < 1.29 is 14.3 Å². The standard InChI is InChI=1S/C30H32Cl2N4O3S/c1-4-36-28(21-9-14-24(39-3)15-10-21)27(20-7-12-23(38-2)13-8-20)35-30(36)40-18-6-5-17-33-29(37)34-22-11-16-25(31)26(32)19-22/h7-16,19H,4-6,17-18H2,1-3H3,(H2,33,34,37). The van der Waals surface area contributed by atoms with Gasteiger partial charge in [-0.15, -0.1) is 0 Å². The van der Waals surface area contributed by atoms with Gasteiger partial charge in [-0.25, -0.2) is 9.78 Å². The number of urea groups is 1. The lowest BCUT2D eigenvalue weighted by Gasteiger charge is -2.12. The van der Waals surface area contributed by atoms with Crippen molar-refractivity contribution >= 4 is 46.7 Å². The maximum absolute atomic E-state index is 12.2. The monoisotopic (exact) mass is 598 g/mol. The van der Waals surface area contributed by atoms with Crippen molar-refractivity contribution in [2.45, 2.75) is 31.5 Å². The van der Waals surface area contributed by atoms with Crippen LogP contribution < -0.4 is 20.1 Å². The molecule has 0 unspecified atom stereocenters. The largest absolute Gasteiger partial charge is 0.497 e. The number of ether oxygens (including phenoxy) is 2. The summed E-state index contributed by atoms with van der Waals surface area (Å²) < 4.78 is 13.0. The number of hydrogen-bond donors (Lipinski definition) is 2. The Balaban J connectivity index is 1.40. The summed E-state index contributed by atoms with van der Waals surface area (Å²) >= 11 is 13.7. The van der Waals surface area contributed by atoms with Gasteiger partial charge in [0.25, 0.3) is 0 Å². The molecule has 1 heterocycles. The Labute approximate surface area is 249 Å². The van der Waals surface area contributed by atoms with Gasteiger partial charge in [0.15, 0.2) is 5.16 Å². The van der Waals surface area contributed by atoms with E-state index in [0.29, 0.717) is 22.3 Å². The zero-order chi connectivity index (χ0) is 28.5. The van der Waals surface area contributed by atoms with Crippen molar-refractivity contribution in [1.82, 2.24) is 14.9 Å². The van der Waals surface area contributed by atoms with Crippen LogP contribution in [-0.4, -0.2) is 42.1 Å². The van der Waals surface area contributed by atoms with Crippen molar-refractivity contribution in [3.05, 3.63) is 76.8 Å². The molecule has 0 bridgehead atoms. The van der Waals surface area contributed by atoms with Crippen LogP contribution in [0.15, 0.2) is 71.9 Å². The highest BCUT2D eigenvalue weighted by molar-refractivity contribution is 7.99. The van der Waals surface area contributed by atoms with Crippen molar-refractivity contribution in [1.29, 1.82) is 0 Å². The molecule has 3 aromatic carbocycles. The molecule has 40 heavy (non-hydrogen) atoms. The van der Waals surface area contributed by atoms with E-state index in [2.05, 4.69) is 34.3 Å². The Morgan fingerprint density at radius 1 is 0.900 bits per heavy atom. The summed E-state index contributed by atoms with van der Waals surface area (Å²) in [6, 6.07) is 20.8. The zero-order valence-electron chi connectivity index (χ0n) is 22.7. The molecule has 0 spiro atoms. The number of unbranched alkanes of at least 4 members (excludes halogenated alkanes) is 1. The molecule has 1 aromatic heterocycles. The summed E-state index contributed by atoms with van der Waals surface area (Å²) in [4.78, 5) is 17.3. The summed E-state index contributed by atoms with van der Waals surface area (Å²) in [6.45, 7) is 3.47. The third kappa shape index (κ3) is 7.44. The Hall–Kier alpha value is -3.33. The Bertz CT molecular complexity index is 1430. The summed E-state index contributed by atoms with van der Waals surface area (Å²) in [7, 11) is 3.33. The van der Waals surface area contributed by atoms with Gasteiger partial charge in [0, 0.05) is 35.7 Å². The first kappa shape index (κ1) is 29.6. The van der Waals surface area contributed by atoms with Crippen LogP contribution in [0.25, 0.3) is 22.5 Å². The average molecular weight is 600 g/mol. The number of carbonyl (C=O) groups excluding carboxylic acids is 1. The number of benzene rings is 3. The highest BCUT2D eigenvalue weighted by atomic mass is 35.5. The van der Waals surface area contributed by atoms with Gasteiger partial charge in [-0.05, 0) is 86.5 Å². The van der Waals surface area contributed by atoms with Crippen LogP contribution in [0.1, 0.15) is 19.8 Å². The van der Waals surface area contributed by atoms with E-state index in [-0.39, 0.29) is 6.03 Å². The molecule has 0 saturated carbocycles. The topological polar surface area (TPSA) is 77.4 Å². The first-order valence-corrected chi connectivity index (χ1v) is 14.7. The molecule has 0 aliphatic carbocycles. The normalized spacial score (nSPS) is 10.8. The van der Waals surface area contributed by atoms with E-state index in [9.17, 15) is 4.79 Å². The van der Waals surface area contributed by atoms with E-state index < -0.39 is 0 Å². The van der Waals surface area contributed by atoms with E-state index in [0.717, 1.165) is 64.3 Å². The number of methoxy groups -OCH3 is 2. The highest BCUT2D eigenvalue weighted by Crippen LogP contribution is 2.37. The zero-order valence-corrected chi connectivity index (χ0v) is 25.0. The molecule has 0 aliphatic heterocycles. The van der Waals surface area contributed by atoms with Gasteiger partial charge < -0.3 is 24.7 Å². The second-order valence-corrected chi connectivity index (χ2v) is 10.7. The summed E-state index contributed by atoms with van der Waals surface area (Å²) in [5, 5.41) is 7.46. The van der Waals surface area contributed by atoms with Gasteiger partial charge >= 0.3 is 6.03 Å². The highest BCUT2D eigenvalue weighted by Gasteiger charge is 2.20. The Kier molecular flexibility index (Phi) is 10.6. The third-order valence-electron chi connectivity index (χ3n) is 6.24. The SMILES string of the molecule is CCn1c(SCCCCNC(=O)Nc2ccc(Cl)c(Cl)c2)nc(-c2ccc(OC)cc2)c1-c1ccc(OC)cc1. The van der Waals surface area contributed by atoms with Crippen LogP contribution in [0, 0.1) is 0 Å². The number of thioether (sulfide) groups is 1. The lowest BCUT2D eigenvalue weighted by atomic mass is 10.0. The Morgan fingerprint density at radius 2 is 1.55 bits per heavy atom. The molecule has 7 nitrogen and oxygen atoms in total. The first-order chi connectivity index (χ1) is 19.4. The predicted octanol–water partition coefficient (Wildman–Crippen LogP) is 8.26. The van der Waals surface area contributed by atoms with Crippen molar-refractivity contribution in [2.75, 3.05) is 31.8 Å². The number of nitrogens with zero attached hydrogens (tertiary/aromatic N) is 2. The fraction of sp³-hybridized carbons (Fsp3) is 0.267.